The van der Waals surface area contributed by atoms with E-state index in [0.717, 1.165) is 32.4 Å². The van der Waals surface area contributed by atoms with E-state index >= 15 is 0 Å². The first-order valence-electron chi connectivity index (χ1n) is 6.07. The molecule has 1 heterocycles. The number of hydrogen-bond acceptors (Lipinski definition) is 1. The van der Waals surface area contributed by atoms with Gasteiger partial charge in [0.2, 0.25) is 5.91 Å². The number of carbonyl (C=O) groups excluding carboxylic acids is 1. The molecule has 0 aromatic carbocycles. The summed E-state index contributed by atoms with van der Waals surface area (Å²) in [7, 11) is 0. The summed E-state index contributed by atoms with van der Waals surface area (Å²) in [5.74, 6) is 1.05. The van der Waals surface area contributed by atoms with Gasteiger partial charge < -0.3 is 4.90 Å². The van der Waals surface area contributed by atoms with Crippen LogP contribution in [0.15, 0.2) is 0 Å². The molecule has 0 spiro atoms. The van der Waals surface area contributed by atoms with Crippen molar-refractivity contribution < 1.29 is 4.79 Å². The molecule has 1 amide bonds. The van der Waals surface area contributed by atoms with Gasteiger partial charge in [0, 0.05) is 24.3 Å². The maximum Gasteiger partial charge on any atom is 0.222 e. The fourth-order valence-electron chi connectivity index (χ4n) is 1.93. The highest BCUT2D eigenvalue weighted by atomic mass is 79.9. The van der Waals surface area contributed by atoms with E-state index in [1.165, 1.54) is 12.8 Å². The summed E-state index contributed by atoms with van der Waals surface area (Å²) in [6.45, 7) is 6.26. The van der Waals surface area contributed by atoms with Crippen LogP contribution in [0.25, 0.3) is 0 Å². The molecule has 1 saturated heterocycles. The average molecular weight is 276 g/mol. The van der Waals surface area contributed by atoms with Crippen LogP contribution in [0.2, 0.25) is 0 Å². The lowest BCUT2D eigenvalue weighted by atomic mass is 9.98. The van der Waals surface area contributed by atoms with Crippen molar-refractivity contribution >= 4 is 21.8 Å². The van der Waals surface area contributed by atoms with E-state index in [0.29, 0.717) is 16.7 Å². The van der Waals surface area contributed by atoms with Crippen molar-refractivity contribution in [2.75, 3.05) is 13.1 Å². The Bertz CT molecular complexity index is 208. The number of hydrogen-bond donors (Lipinski definition) is 0. The van der Waals surface area contributed by atoms with Crippen molar-refractivity contribution in [3.05, 3.63) is 0 Å². The minimum atomic E-state index is 0.347. The third-order valence-electron chi connectivity index (χ3n) is 3.21. The van der Waals surface area contributed by atoms with Crippen LogP contribution in [-0.4, -0.2) is 28.7 Å². The SMILES string of the molecule is CCCCCC(=O)N1CCC(C)C(Br)C1. The molecule has 1 aliphatic heterocycles. The Balaban J connectivity index is 2.28. The van der Waals surface area contributed by atoms with Crippen LogP contribution in [0.5, 0.6) is 0 Å². The van der Waals surface area contributed by atoms with Crippen LogP contribution in [0, 0.1) is 5.92 Å². The minimum absolute atomic E-state index is 0.347. The molecule has 0 aromatic heterocycles. The standard InChI is InChI=1S/C12H22BrNO/c1-3-4-5-6-12(15)14-8-7-10(2)11(13)9-14/h10-11H,3-9H2,1-2H3. The van der Waals surface area contributed by atoms with E-state index in [9.17, 15) is 4.79 Å². The topological polar surface area (TPSA) is 20.3 Å². The second-order valence-electron chi connectivity index (χ2n) is 4.58. The Morgan fingerprint density at radius 2 is 2.20 bits per heavy atom. The highest BCUT2D eigenvalue weighted by Gasteiger charge is 2.26. The average Bonchev–Trinajstić information content (AvgIpc) is 2.22. The number of carbonyl (C=O) groups is 1. The van der Waals surface area contributed by atoms with Crippen LogP contribution in [0.1, 0.15) is 46.0 Å². The van der Waals surface area contributed by atoms with Gasteiger partial charge in [-0.05, 0) is 18.8 Å². The zero-order valence-electron chi connectivity index (χ0n) is 9.84. The van der Waals surface area contributed by atoms with Crippen molar-refractivity contribution in [2.45, 2.75) is 50.8 Å². The normalized spacial score (nSPS) is 26.7. The van der Waals surface area contributed by atoms with E-state index in [-0.39, 0.29) is 0 Å². The summed E-state index contributed by atoms with van der Waals surface area (Å²) in [5.41, 5.74) is 0. The molecule has 2 nitrogen and oxygen atoms in total. The van der Waals surface area contributed by atoms with Gasteiger partial charge >= 0.3 is 0 Å². The molecule has 0 saturated carbocycles. The maximum absolute atomic E-state index is 11.8. The van der Waals surface area contributed by atoms with Crippen molar-refractivity contribution in [1.29, 1.82) is 0 Å². The Labute approximate surface area is 102 Å². The first-order valence-corrected chi connectivity index (χ1v) is 6.98. The molecule has 15 heavy (non-hydrogen) atoms. The molecule has 0 aromatic rings. The van der Waals surface area contributed by atoms with Gasteiger partial charge in [-0.3, -0.25) is 4.79 Å². The van der Waals surface area contributed by atoms with Gasteiger partial charge in [0.1, 0.15) is 0 Å². The van der Waals surface area contributed by atoms with Gasteiger partial charge in [0.05, 0.1) is 0 Å². The van der Waals surface area contributed by atoms with Crippen molar-refractivity contribution in [3.8, 4) is 0 Å². The molecule has 1 fully saturated rings. The molecule has 1 aliphatic rings. The van der Waals surface area contributed by atoms with Gasteiger partial charge in [-0.1, -0.05) is 42.6 Å². The van der Waals surface area contributed by atoms with Crippen molar-refractivity contribution in [1.82, 2.24) is 4.90 Å². The third-order valence-corrected chi connectivity index (χ3v) is 4.41. The predicted octanol–water partition coefficient (Wildman–Crippen LogP) is 3.20. The molecule has 0 radical (unpaired) electrons. The molecule has 3 heteroatoms. The number of alkyl halides is 1. The molecular weight excluding hydrogens is 254 g/mol. The largest absolute Gasteiger partial charge is 0.342 e. The number of unbranched alkanes of at least 4 members (excludes halogenated alkanes) is 2. The Kier molecular flexibility index (Phi) is 5.65. The fraction of sp³-hybridized carbons (Fsp3) is 0.917. The van der Waals surface area contributed by atoms with Crippen LogP contribution in [-0.2, 0) is 4.79 Å². The van der Waals surface area contributed by atoms with E-state index in [1.807, 2.05) is 4.90 Å². The first-order chi connectivity index (χ1) is 7.15. The van der Waals surface area contributed by atoms with Crippen molar-refractivity contribution in [2.24, 2.45) is 5.92 Å². The Hall–Kier alpha value is -0.0500. The lowest BCUT2D eigenvalue weighted by Gasteiger charge is -2.34. The molecule has 0 aliphatic carbocycles. The Morgan fingerprint density at radius 1 is 1.47 bits per heavy atom. The quantitative estimate of drug-likeness (QED) is 0.570. The van der Waals surface area contributed by atoms with Gasteiger partial charge in [0.25, 0.3) is 0 Å². The zero-order chi connectivity index (χ0) is 11.3. The zero-order valence-corrected chi connectivity index (χ0v) is 11.4. The van der Waals surface area contributed by atoms with Gasteiger partial charge in [-0.25, -0.2) is 0 Å². The van der Waals surface area contributed by atoms with Crippen LogP contribution in [0.3, 0.4) is 0 Å². The van der Waals surface area contributed by atoms with Crippen molar-refractivity contribution in [3.63, 3.8) is 0 Å². The van der Waals surface area contributed by atoms with Gasteiger partial charge in [-0.2, -0.15) is 0 Å². The summed E-state index contributed by atoms with van der Waals surface area (Å²) in [6.07, 6.45) is 5.28. The fourth-order valence-corrected chi connectivity index (χ4v) is 2.55. The lowest BCUT2D eigenvalue weighted by Crippen LogP contribution is -2.43. The maximum atomic E-state index is 11.8. The number of amides is 1. The summed E-state index contributed by atoms with van der Waals surface area (Å²) in [5, 5.41) is 0. The highest BCUT2D eigenvalue weighted by molar-refractivity contribution is 9.09. The van der Waals surface area contributed by atoms with E-state index in [4.69, 9.17) is 0 Å². The molecule has 88 valence electrons. The predicted molar refractivity (Wildman–Crippen MR) is 67.2 cm³/mol. The third kappa shape index (κ3) is 4.13. The smallest absolute Gasteiger partial charge is 0.222 e. The molecular formula is C12H22BrNO. The lowest BCUT2D eigenvalue weighted by molar-refractivity contribution is -0.132. The molecule has 2 atom stereocenters. The number of nitrogens with zero attached hydrogens (tertiary/aromatic N) is 1. The number of rotatable bonds is 4. The molecule has 0 bridgehead atoms. The summed E-state index contributed by atoms with van der Waals surface area (Å²) in [4.78, 5) is 14.3. The van der Waals surface area contributed by atoms with E-state index in [2.05, 4.69) is 29.8 Å². The second-order valence-corrected chi connectivity index (χ2v) is 5.75. The summed E-state index contributed by atoms with van der Waals surface area (Å²) < 4.78 is 0. The molecule has 0 N–H and O–H groups in total. The van der Waals surface area contributed by atoms with E-state index < -0.39 is 0 Å². The first kappa shape index (κ1) is 13.0. The highest BCUT2D eigenvalue weighted by Crippen LogP contribution is 2.23. The Morgan fingerprint density at radius 3 is 2.80 bits per heavy atom. The number of piperidine rings is 1. The second kappa shape index (κ2) is 6.51. The summed E-state index contributed by atoms with van der Waals surface area (Å²) in [6, 6.07) is 0. The molecule has 1 rings (SSSR count). The number of halogens is 1. The van der Waals surface area contributed by atoms with Gasteiger partial charge in [0.15, 0.2) is 0 Å². The van der Waals surface area contributed by atoms with Gasteiger partial charge in [-0.15, -0.1) is 0 Å². The van der Waals surface area contributed by atoms with Crippen LogP contribution >= 0.6 is 15.9 Å². The minimum Gasteiger partial charge on any atom is -0.342 e. The summed E-state index contributed by atoms with van der Waals surface area (Å²) >= 11 is 3.65. The van der Waals surface area contributed by atoms with E-state index in [1.54, 1.807) is 0 Å². The number of likely N-dealkylation sites (tertiary alicyclic amines) is 1. The monoisotopic (exact) mass is 275 g/mol. The van der Waals surface area contributed by atoms with Crippen LogP contribution in [0.4, 0.5) is 0 Å². The van der Waals surface area contributed by atoms with Crippen LogP contribution < -0.4 is 0 Å². The molecule has 2 unspecified atom stereocenters.